The number of nitrogen functional groups attached to an aromatic ring is 1. The molecule has 1 aromatic carbocycles. The van der Waals surface area contributed by atoms with Crippen molar-refractivity contribution in [2.75, 3.05) is 32.5 Å². The number of rotatable bonds is 13. The van der Waals surface area contributed by atoms with Crippen LogP contribution in [0, 0.1) is 5.92 Å². The summed E-state index contributed by atoms with van der Waals surface area (Å²) in [4.78, 5) is 24.2. The summed E-state index contributed by atoms with van der Waals surface area (Å²) in [6, 6.07) is 6.93. The Bertz CT molecular complexity index is 1210. The fraction of sp³-hybridized carbons (Fsp3) is 0.593. The summed E-state index contributed by atoms with van der Waals surface area (Å²) in [5.74, 6) is 1.73. The maximum Gasteiger partial charge on any atom is 0.328 e. The Balaban J connectivity index is 1.42. The first-order valence-electron chi connectivity index (χ1n) is 13.5. The van der Waals surface area contributed by atoms with Crippen LogP contribution in [0.25, 0.3) is 11.2 Å². The minimum Gasteiger partial charge on any atom is -0.496 e. The number of fused-ring (bicyclic) bond motifs is 1. The van der Waals surface area contributed by atoms with Crippen molar-refractivity contribution in [2.24, 2.45) is 11.7 Å². The van der Waals surface area contributed by atoms with E-state index in [-0.39, 0.29) is 24.1 Å². The van der Waals surface area contributed by atoms with Crippen molar-refractivity contribution in [1.82, 2.24) is 24.8 Å². The molecule has 0 spiro atoms. The first-order chi connectivity index (χ1) is 18.0. The van der Waals surface area contributed by atoms with Crippen LogP contribution in [0.3, 0.4) is 0 Å². The third-order valence-corrected chi connectivity index (χ3v) is 7.31. The van der Waals surface area contributed by atoms with Crippen molar-refractivity contribution in [2.45, 2.75) is 70.9 Å². The van der Waals surface area contributed by atoms with Gasteiger partial charge < -0.3 is 31.2 Å². The molecule has 2 heterocycles. The predicted molar refractivity (Wildman–Crippen MR) is 146 cm³/mol. The van der Waals surface area contributed by atoms with Crippen LogP contribution in [0.2, 0.25) is 0 Å². The van der Waals surface area contributed by atoms with Crippen LogP contribution in [-0.2, 0) is 13.0 Å². The molecule has 1 aliphatic rings. The Kier molecular flexibility index (Phi) is 9.40. The number of nitrogens with one attached hydrogen (secondary N) is 2. The van der Waals surface area contributed by atoms with E-state index in [2.05, 4.69) is 39.3 Å². The molecule has 10 heteroatoms. The van der Waals surface area contributed by atoms with Crippen molar-refractivity contribution in [1.29, 1.82) is 0 Å². The molecule has 0 radical (unpaired) electrons. The van der Waals surface area contributed by atoms with Crippen LogP contribution >= 0.6 is 0 Å². The lowest BCUT2D eigenvalue weighted by Crippen LogP contribution is -2.34. The number of ether oxygens (including phenoxy) is 2. The molecule has 0 atom stereocenters. The number of nitrogens with zero attached hydrogens (tertiary/aromatic N) is 3. The normalized spacial score (nSPS) is 17.8. The molecule has 1 saturated carbocycles. The molecule has 4 rings (SSSR count). The number of hydrogen-bond donors (Lipinski definition) is 4. The summed E-state index contributed by atoms with van der Waals surface area (Å²) in [5.41, 5.74) is 14.4. The van der Waals surface area contributed by atoms with E-state index < -0.39 is 0 Å². The summed E-state index contributed by atoms with van der Waals surface area (Å²) in [6.07, 6.45) is 8.94. The molecule has 37 heavy (non-hydrogen) atoms. The van der Waals surface area contributed by atoms with Gasteiger partial charge in [0.1, 0.15) is 11.3 Å². The predicted octanol–water partition coefficient (Wildman–Crippen LogP) is 2.98. The summed E-state index contributed by atoms with van der Waals surface area (Å²) in [5, 5.41) is 3.72. The maximum absolute atomic E-state index is 12.8. The van der Waals surface area contributed by atoms with E-state index in [1.54, 1.807) is 11.7 Å². The number of methoxy groups -OCH3 is 1. The molecule has 0 saturated heterocycles. The summed E-state index contributed by atoms with van der Waals surface area (Å²) in [6.45, 7) is 4.59. The van der Waals surface area contributed by atoms with E-state index >= 15 is 0 Å². The van der Waals surface area contributed by atoms with E-state index in [4.69, 9.17) is 20.9 Å². The van der Waals surface area contributed by atoms with Gasteiger partial charge in [-0.3, -0.25) is 4.57 Å². The van der Waals surface area contributed by atoms with E-state index in [9.17, 15) is 4.79 Å². The van der Waals surface area contributed by atoms with Crippen LogP contribution in [0.4, 0.5) is 5.82 Å². The summed E-state index contributed by atoms with van der Waals surface area (Å²) in [7, 11) is 1.65. The Morgan fingerprint density at radius 1 is 1.22 bits per heavy atom. The minimum absolute atomic E-state index is 0.175. The van der Waals surface area contributed by atoms with Crippen LogP contribution in [0.5, 0.6) is 11.8 Å². The van der Waals surface area contributed by atoms with Crippen LogP contribution in [-0.4, -0.2) is 52.4 Å². The van der Waals surface area contributed by atoms with Gasteiger partial charge in [-0.1, -0.05) is 25.5 Å². The third kappa shape index (κ3) is 6.81. The molecule has 0 amide bonds. The summed E-state index contributed by atoms with van der Waals surface area (Å²) < 4.78 is 12.9. The zero-order valence-corrected chi connectivity index (χ0v) is 22.1. The number of aromatic nitrogens is 4. The van der Waals surface area contributed by atoms with Gasteiger partial charge in [0, 0.05) is 11.6 Å². The Morgan fingerprint density at radius 2 is 2.03 bits per heavy atom. The SMILES string of the molecule is CCCCOc1nc(N)c2[nH]c(=O)n(Cc3ccc(CCNC4CCC(CCN)CC4)cc3OC)c2n1. The molecule has 10 nitrogen and oxygen atoms in total. The zero-order valence-electron chi connectivity index (χ0n) is 22.1. The van der Waals surface area contributed by atoms with Crippen molar-refractivity contribution in [3.05, 3.63) is 39.8 Å². The second kappa shape index (κ2) is 12.9. The number of nitrogens with two attached hydrogens (primary N) is 2. The number of anilines is 1. The van der Waals surface area contributed by atoms with Crippen LogP contribution in [0.15, 0.2) is 23.0 Å². The zero-order chi connectivity index (χ0) is 26.2. The van der Waals surface area contributed by atoms with Crippen molar-refractivity contribution >= 4 is 17.0 Å². The fourth-order valence-corrected chi connectivity index (χ4v) is 5.11. The molecule has 202 valence electrons. The van der Waals surface area contributed by atoms with Gasteiger partial charge in [0.05, 0.1) is 20.3 Å². The monoisotopic (exact) mass is 511 g/mol. The highest BCUT2D eigenvalue weighted by molar-refractivity contribution is 5.82. The smallest absolute Gasteiger partial charge is 0.328 e. The van der Waals surface area contributed by atoms with Gasteiger partial charge >= 0.3 is 11.7 Å². The number of aromatic amines is 1. The van der Waals surface area contributed by atoms with Gasteiger partial charge in [-0.15, -0.1) is 0 Å². The van der Waals surface area contributed by atoms with E-state index in [0.29, 0.717) is 23.8 Å². The molecular formula is C27H41N7O3. The average molecular weight is 512 g/mol. The third-order valence-electron chi connectivity index (χ3n) is 7.31. The lowest BCUT2D eigenvalue weighted by Gasteiger charge is -2.29. The molecule has 0 bridgehead atoms. The van der Waals surface area contributed by atoms with E-state index in [1.165, 1.54) is 31.2 Å². The highest BCUT2D eigenvalue weighted by Crippen LogP contribution is 2.27. The van der Waals surface area contributed by atoms with Crippen molar-refractivity contribution < 1.29 is 9.47 Å². The number of H-pyrrole nitrogens is 1. The number of benzene rings is 1. The fourth-order valence-electron chi connectivity index (χ4n) is 5.11. The molecule has 3 aromatic rings. The average Bonchev–Trinajstić information content (AvgIpc) is 3.21. The molecule has 0 unspecified atom stereocenters. The highest BCUT2D eigenvalue weighted by Gasteiger charge is 2.20. The molecule has 2 aromatic heterocycles. The van der Waals surface area contributed by atoms with Crippen molar-refractivity contribution in [3.8, 4) is 11.8 Å². The first kappa shape index (κ1) is 26.9. The lowest BCUT2D eigenvalue weighted by atomic mass is 9.84. The summed E-state index contributed by atoms with van der Waals surface area (Å²) >= 11 is 0. The largest absolute Gasteiger partial charge is 0.496 e. The minimum atomic E-state index is -0.307. The van der Waals surface area contributed by atoms with Crippen molar-refractivity contribution in [3.63, 3.8) is 0 Å². The van der Waals surface area contributed by atoms with Gasteiger partial charge in [-0.05, 0) is 75.6 Å². The van der Waals surface area contributed by atoms with Gasteiger partial charge in [0.15, 0.2) is 11.5 Å². The van der Waals surface area contributed by atoms with E-state index in [1.807, 2.05) is 6.07 Å². The van der Waals surface area contributed by atoms with Crippen LogP contribution in [0.1, 0.15) is 63.0 Å². The van der Waals surface area contributed by atoms with Gasteiger partial charge in [-0.2, -0.15) is 9.97 Å². The molecule has 1 fully saturated rings. The number of hydrogen-bond acceptors (Lipinski definition) is 8. The second-order valence-electron chi connectivity index (χ2n) is 9.95. The maximum atomic E-state index is 12.8. The molecular weight excluding hydrogens is 470 g/mol. The van der Waals surface area contributed by atoms with Gasteiger partial charge in [0.2, 0.25) is 0 Å². The quantitative estimate of drug-likeness (QED) is 0.256. The van der Waals surface area contributed by atoms with E-state index in [0.717, 1.165) is 56.0 Å². The lowest BCUT2D eigenvalue weighted by molar-refractivity contribution is 0.283. The van der Waals surface area contributed by atoms with Gasteiger partial charge in [-0.25, -0.2) is 4.79 Å². The van der Waals surface area contributed by atoms with Crippen LogP contribution < -0.4 is 31.9 Å². The Hall–Kier alpha value is -3.11. The number of imidazole rings is 1. The topological polar surface area (TPSA) is 146 Å². The molecule has 1 aliphatic carbocycles. The Morgan fingerprint density at radius 3 is 2.76 bits per heavy atom. The Labute approximate surface area is 218 Å². The standard InChI is InChI=1S/C27H41N7O3/c1-3-4-15-37-26-32-24(29)23-25(33-26)34(27(35)31-23)17-20-8-5-19(16-22(20)36-2)12-14-30-21-9-6-18(7-10-21)11-13-28/h5,8,16,18,21,30H,3-4,6-7,9-15,17,28H2,1-2H3,(H,31,35)(H2,29,32,33). The second-order valence-corrected chi connectivity index (χ2v) is 9.95. The first-order valence-corrected chi connectivity index (χ1v) is 13.5. The molecule has 6 N–H and O–H groups in total. The number of unbranched alkanes of at least 4 members (excludes halogenated alkanes) is 1. The van der Waals surface area contributed by atoms with Gasteiger partial charge in [0.25, 0.3) is 0 Å². The highest BCUT2D eigenvalue weighted by atomic mass is 16.5. The molecule has 0 aliphatic heterocycles.